The SMILES string of the molecule is C#CCn1c(=NC(=O)COc2ccc(OCC)cc2)sc2cc(OC)ccc21. The molecule has 0 atom stereocenters. The van der Waals surface area contributed by atoms with Crippen LogP contribution in [-0.4, -0.2) is 30.8 Å². The lowest BCUT2D eigenvalue weighted by Crippen LogP contribution is -2.19. The normalized spacial score (nSPS) is 11.2. The van der Waals surface area contributed by atoms with Gasteiger partial charge in [-0.2, -0.15) is 4.99 Å². The highest BCUT2D eigenvalue weighted by Gasteiger charge is 2.09. The van der Waals surface area contributed by atoms with E-state index in [1.165, 1.54) is 11.3 Å². The van der Waals surface area contributed by atoms with Crippen molar-refractivity contribution in [1.82, 2.24) is 4.57 Å². The monoisotopic (exact) mass is 396 g/mol. The molecule has 0 N–H and O–H groups in total. The van der Waals surface area contributed by atoms with Gasteiger partial charge in [-0.3, -0.25) is 4.79 Å². The zero-order valence-corrected chi connectivity index (χ0v) is 16.5. The number of terminal acetylenes is 1. The summed E-state index contributed by atoms with van der Waals surface area (Å²) in [6.07, 6.45) is 5.48. The minimum Gasteiger partial charge on any atom is -0.497 e. The molecule has 0 fully saturated rings. The summed E-state index contributed by atoms with van der Waals surface area (Å²) in [6.45, 7) is 2.66. The number of aromatic nitrogens is 1. The van der Waals surface area contributed by atoms with Gasteiger partial charge in [-0.25, -0.2) is 0 Å². The van der Waals surface area contributed by atoms with Crippen molar-refractivity contribution in [2.24, 2.45) is 4.99 Å². The van der Waals surface area contributed by atoms with Crippen molar-refractivity contribution in [1.29, 1.82) is 0 Å². The summed E-state index contributed by atoms with van der Waals surface area (Å²) < 4.78 is 18.9. The smallest absolute Gasteiger partial charge is 0.286 e. The van der Waals surface area contributed by atoms with Crippen LogP contribution in [0.15, 0.2) is 47.5 Å². The molecule has 0 saturated carbocycles. The number of hydrogen-bond donors (Lipinski definition) is 0. The molecule has 28 heavy (non-hydrogen) atoms. The van der Waals surface area contributed by atoms with Crippen LogP contribution in [0, 0.1) is 12.3 Å². The number of methoxy groups -OCH3 is 1. The average molecular weight is 396 g/mol. The molecule has 3 aromatic rings. The van der Waals surface area contributed by atoms with Gasteiger partial charge in [0.2, 0.25) is 0 Å². The van der Waals surface area contributed by atoms with E-state index >= 15 is 0 Å². The molecule has 7 heteroatoms. The zero-order valence-electron chi connectivity index (χ0n) is 15.7. The molecular formula is C21H20N2O4S. The maximum absolute atomic E-state index is 12.3. The molecule has 0 aliphatic carbocycles. The number of ether oxygens (including phenoxy) is 3. The molecule has 0 spiro atoms. The number of amides is 1. The number of carbonyl (C=O) groups is 1. The van der Waals surface area contributed by atoms with E-state index in [0.29, 0.717) is 23.7 Å². The van der Waals surface area contributed by atoms with Crippen LogP contribution in [0.2, 0.25) is 0 Å². The molecule has 2 aromatic carbocycles. The lowest BCUT2D eigenvalue weighted by Gasteiger charge is -2.06. The molecule has 1 heterocycles. The Hall–Kier alpha value is -3.24. The number of carbonyl (C=O) groups excluding carboxylic acids is 1. The first kappa shape index (κ1) is 19.5. The first-order valence-electron chi connectivity index (χ1n) is 8.68. The van der Waals surface area contributed by atoms with Crippen LogP contribution in [0.5, 0.6) is 17.2 Å². The second-order valence-electron chi connectivity index (χ2n) is 5.71. The molecule has 0 radical (unpaired) electrons. The Morgan fingerprint density at radius 1 is 1.14 bits per heavy atom. The van der Waals surface area contributed by atoms with E-state index in [0.717, 1.165) is 21.7 Å². The first-order valence-corrected chi connectivity index (χ1v) is 9.50. The van der Waals surface area contributed by atoms with Gasteiger partial charge in [0.1, 0.15) is 17.2 Å². The third-order valence-corrected chi connectivity index (χ3v) is 4.90. The van der Waals surface area contributed by atoms with Crippen LogP contribution >= 0.6 is 11.3 Å². The summed E-state index contributed by atoms with van der Waals surface area (Å²) in [5.74, 6) is 4.27. The minimum atomic E-state index is -0.391. The largest absolute Gasteiger partial charge is 0.497 e. The van der Waals surface area contributed by atoms with Crippen LogP contribution in [0.1, 0.15) is 6.92 Å². The van der Waals surface area contributed by atoms with Gasteiger partial charge in [-0.05, 0) is 49.4 Å². The van der Waals surface area contributed by atoms with Crippen molar-refractivity contribution in [3.05, 3.63) is 47.3 Å². The number of nitrogens with zero attached hydrogens (tertiary/aromatic N) is 2. The number of fused-ring (bicyclic) bond motifs is 1. The predicted octanol–water partition coefficient (Wildman–Crippen LogP) is 3.25. The summed E-state index contributed by atoms with van der Waals surface area (Å²) in [6, 6.07) is 12.7. The molecule has 0 saturated heterocycles. The highest BCUT2D eigenvalue weighted by atomic mass is 32.1. The summed E-state index contributed by atoms with van der Waals surface area (Å²) in [7, 11) is 1.61. The highest BCUT2D eigenvalue weighted by molar-refractivity contribution is 7.16. The quantitative estimate of drug-likeness (QED) is 0.575. The van der Waals surface area contributed by atoms with E-state index in [-0.39, 0.29) is 6.61 Å². The Bertz CT molecular complexity index is 1070. The number of rotatable bonds is 7. The zero-order chi connectivity index (χ0) is 19.9. The maximum atomic E-state index is 12.3. The molecule has 0 aliphatic rings. The van der Waals surface area contributed by atoms with E-state index in [1.807, 2.05) is 29.7 Å². The second-order valence-corrected chi connectivity index (χ2v) is 6.72. The fraction of sp³-hybridized carbons (Fsp3) is 0.238. The van der Waals surface area contributed by atoms with Gasteiger partial charge < -0.3 is 18.8 Å². The van der Waals surface area contributed by atoms with Crippen molar-refractivity contribution >= 4 is 27.5 Å². The van der Waals surface area contributed by atoms with E-state index < -0.39 is 5.91 Å². The Morgan fingerprint density at radius 2 is 1.82 bits per heavy atom. The van der Waals surface area contributed by atoms with Gasteiger partial charge in [-0.15, -0.1) is 6.42 Å². The molecule has 1 aromatic heterocycles. The first-order chi connectivity index (χ1) is 13.6. The second kappa shape index (κ2) is 9.11. The van der Waals surface area contributed by atoms with Gasteiger partial charge in [0.05, 0.1) is 30.5 Å². The summed E-state index contributed by atoms with van der Waals surface area (Å²) in [4.78, 5) is 17.0. The Labute approximate surface area is 167 Å². The molecule has 3 rings (SSSR count). The van der Waals surface area contributed by atoms with E-state index in [1.54, 1.807) is 31.4 Å². The van der Waals surface area contributed by atoms with Crippen molar-refractivity contribution < 1.29 is 19.0 Å². The van der Waals surface area contributed by atoms with Crippen molar-refractivity contribution in [3.8, 4) is 29.6 Å². The standard InChI is InChI=1S/C21H20N2O4S/c1-4-12-23-18-11-10-17(25-3)13-19(18)28-21(23)22-20(24)14-27-16-8-6-15(7-9-16)26-5-2/h1,6-11,13H,5,12,14H2,2-3H3. The number of benzene rings is 2. The Morgan fingerprint density at radius 3 is 2.46 bits per heavy atom. The van der Waals surface area contributed by atoms with Gasteiger partial charge in [0, 0.05) is 0 Å². The van der Waals surface area contributed by atoms with E-state index in [9.17, 15) is 4.79 Å². The van der Waals surface area contributed by atoms with Gasteiger partial charge in [0.15, 0.2) is 11.4 Å². The number of thiazole rings is 1. The molecular weight excluding hydrogens is 376 g/mol. The minimum absolute atomic E-state index is 0.165. The van der Waals surface area contributed by atoms with Crippen LogP contribution in [0.3, 0.4) is 0 Å². The van der Waals surface area contributed by atoms with Gasteiger partial charge in [0.25, 0.3) is 5.91 Å². The summed E-state index contributed by atoms with van der Waals surface area (Å²) in [5, 5.41) is 0. The fourth-order valence-electron chi connectivity index (χ4n) is 2.59. The Balaban J connectivity index is 1.79. The lowest BCUT2D eigenvalue weighted by molar-refractivity contribution is -0.120. The van der Waals surface area contributed by atoms with Gasteiger partial charge >= 0.3 is 0 Å². The maximum Gasteiger partial charge on any atom is 0.286 e. The third kappa shape index (κ3) is 4.53. The molecule has 144 valence electrons. The molecule has 6 nitrogen and oxygen atoms in total. The summed E-state index contributed by atoms with van der Waals surface area (Å²) >= 11 is 1.38. The summed E-state index contributed by atoms with van der Waals surface area (Å²) in [5.41, 5.74) is 0.905. The molecule has 0 aliphatic heterocycles. The van der Waals surface area contributed by atoms with Crippen LogP contribution in [0.25, 0.3) is 10.2 Å². The molecule has 1 amide bonds. The van der Waals surface area contributed by atoms with Crippen molar-refractivity contribution in [2.45, 2.75) is 13.5 Å². The Kier molecular flexibility index (Phi) is 6.35. The van der Waals surface area contributed by atoms with Crippen LogP contribution in [-0.2, 0) is 11.3 Å². The average Bonchev–Trinajstić information content (AvgIpc) is 3.04. The van der Waals surface area contributed by atoms with Crippen LogP contribution in [0.4, 0.5) is 0 Å². The number of hydrogen-bond acceptors (Lipinski definition) is 5. The van der Waals surface area contributed by atoms with Gasteiger partial charge in [-0.1, -0.05) is 17.3 Å². The lowest BCUT2D eigenvalue weighted by atomic mass is 10.3. The van der Waals surface area contributed by atoms with Crippen molar-refractivity contribution in [3.63, 3.8) is 0 Å². The highest BCUT2D eigenvalue weighted by Crippen LogP contribution is 2.23. The van der Waals surface area contributed by atoms with Crippen molar-refractivity contribution in [2.75, 3.05) is 20.3 Å². The van der Waals surface area contributed by atoms with E-state index in [2.05, 4.69) is 10.9 Å². The predicted molar refractivity (Wildman–Crippen MR) is 109 cm³/mol. The van der Waals surface area contributed by atoms with Crippen LogP contribution < -0.4 is 19.0 Å². The molecule has 0 unspecified atom stereocenters. The van der Waals surface area contributed by atoms with E-state index in [4.69, 9.17) is 20.6 Å². The topological polar surface area (TPSA) is 62.1 Å². The molecule has 0 bridgehead atoms. The third-order valence-electron chi connectivity index (χ3n) is 3.86. The fourth-order valence-corrected chi connectivity index (χ4v) is 3.67.